The summed E-state index contributed by atoms with van der Waals surface area (Å²) in [7, 11) is 0. The van der Waals surface area contributed by atoms with Crippen LogP contribution in [-0.4, -0.2) is 0 Å². The van der Waals surface area contributed by atoms with E-state index in [4.69, 9.17) is 4.42 Å². The van der Waals surface area contributed by atoms with Crippen LogP contribution in [0.2, 0.25) is 0 Å². The molecule has 1 aromatic heterocycles. The predicted octanol–water partition coefficient (Wildman–Crippen LogP) is 3.72. The molecule has 90 valence electrons. The Morgan fingerprint density at radius 2 is 1.50 bits per heavy atom. The largest absolute Gasteiger partial charge is 0.466 e. The molecule has 0 aliphatic carbocycles. The Kier molecular flexibility index (Phi) is 5.91. The van der Waals surface area contributed by atoms with Crippen molar-refractivity contribution in [1.29, 1.82) is 0 Å². The molecule has 0 saturated carbocycles. The number of rotatable bonds is 7. The highest BCUT2D eigenvalue weighted by Crippen LogP contribution is 2.09. The van der Waals surface area contributed by atoms with Gasteiger partial charge in [-0.3, -0.25) is 4.79 Å². The van der Waals surface area contributed by atoms with Gasteiger partial charge in [-0.2, -0.15) is 0 Å². The molecule has 0 saturated heterocycles. The highest BCUT2D eigenvalue weighted by Gasteiger charge is 2.02. The van der Waals surface area contributed by atoms with Gasteiger partial charge in [0.2, 0.25) is 0 Å². The highest BCUT2D eigenvalue weighted by atomic mass is 16.3. The van der Waals surface area contributed by atoms with E-state index < -0.39 is 0 Å². The monoisotopic (exact) mass is 222 g/mol. The molecule has 0 unspecified atom stereocenters. The number of unbranched alkanes of at least 4 members (excludes halogenated alkanes) is 3. The van der Waals surface area contributed by atoms with Crippen LogP contribution < -0.4 is 5.43 Å². The van der Waals surface area contributed by atoms with Crippen LogP contribution in [0.25, 0.3) is 0 Å². The summed E-state index contributed by atoms with van der Waals surface area (Å²) in [4.78, 5) is 11.4. The maximum Gasteiger partial charge on any atom is 0.185 e. The Hall–Kier alpha value is -1.05. The van der Waals surface area contributed by atoms with Crippen LogP contribution in [0.3, 0.4) is 0 Å². The van der Waals surface area contributed by atoms with Crippen LogP contribution in [0, 0.1) is 0 Å². The number of hydrogen-bond donors (Lipinski definition) is 0. The molecule has 0 bridgehead atoms. The summed E-state index contributed by atoms with van der Waals surface area (Å²) in [6, 6.07) is 3.25. The topological polar surface area (TPSA) is 30.2 Å². The van der Waals surface area contributed by atoms with Crippen molar-refractivity contribution in [2.45, 2.75) is 58.8 Å². The van der Waals surface area contributed by atoms with Gasteiger partial charge in [0.1, 0.15) is 11.5 Å². The van der Waals surface area contributed by atoms with E-state index in [1.165, 1.54) is 12.8 Å². The molecular formula is C14H22O2. The first-order valence-electron chi connectivity index (χ1n) is 6.39. The zero-order valence-corrected chi connectivity index (χ0v) is 10.4. The maximum absolute atomic E-state index is 11.4. The van der Waals surface area contributed by atoms with Gasteiger partial charge >= 0.3 is 0 Å². The summed E-state index contributed by atoms with van der Waals surface area (Å²) in [6.45, 7) is 4.32. The molecule has 0 aliphatic rings. The van der Waals surface area contributed by atoms with E-state index >= 15 is 0 Å². The van der Waals surface area contributed by atoms with Crippen molar-refractivity contribution in [3.05, 3.63) is 33.9 Å². The SMILES string of the molecule is CCCCCc1cc(=O)cc(CCCC)o1. The minimum atomic E-state index is 0.0869. The minimum Gasteiger partial charge on any atom is -0.466 e. The lowest BCUT2D eigenvalue weighted by Crippen LogP contribution is -2.03. The second-order valence-electron chi connectivity index (χ2n) is 4.29. The van der Waals surface area contributed by atoms with Crippen molar-refractivity contribution in [3.63, 3.8) is 0 Å². The molecule has 0 aromatic carbocycles. The maximum atomic E-state index is 11.4. The number of hydrogen-bond acceptors (Lipinski definition) is 2. The lowest BCUT2D eigenvalue weighted by Gasteiger charge is -2.03. The molecule has 16 heavy (non-hydrogen) atoms. The van der Waals surface area contributed by atoms with E-state index in [2.05, 4.69) is 13.8 Å². The smallest absolute Gasteiger partial charge is 0.185 e. The van der Waals surface area contributed by atoms with E-state index in [9.17, 15) is 4.79 Å². The summed E-state index contributed by atoms with van der Waals surface area (Å²) < 4.78 is 5.71. The van der Waals surface area contributed by atoms with E-state index in [0.29, 0.717) is 0 Å². The molecule has 1 heterocycles. The summed E-state index contributed by atoms with van der Waals surface area (Å²) in [5, 5.41) is 0. The molecule has 1 aromatic rings. The molecule has 0 N–H and O–H groups in total. The third-order valence-corrected chi connectivity index (χ3v) is 2.67. The van der Waals surface area contributed by atoms with Crippen molar-refractivity contribution in [1.82, 2.24) is 0 Å². The minimum absolute atomic E-state index is 0.0869. The lowest BCUT2D eigenvalue weighted by atomic mass is 10.1. The predicted molar refractivity (Wildman–Crippen MR) is 66.8 cm³/mol. The zero-order chi connectivity index (χ0) is 11.8. The Balaban J connectivity index is 2.62. The first kappa shape index (κ1) is 13.0. The zero-order valence-electron chi connectivity index (χ0n) is 10.4. The second kappa shape index (κ2) is 7.26. The standard InChI is InChI=1S/C14H22O2/c1-3-5-7-9-14-11-12(15)10-13(16-14)8-6-4-2/h10-11H,3-9H2,1-2H3. The van der Waals surface area contributed by atoms with Crippen molar-refractivity contribution in [2.75, 3.05) is 0 Å². The van der Waals surface area contributed by atoms with Gasteiger partial charge in [0, 0.05) is 25.0 Å². The van der Waals surface area contributed by atoms with Crippen molar-refractivity contribution >= 4 is 0 Å². The Morgan fingerprint density at radius 3 is 2.06 bits per heavy atom. The summed E-state index contributed by atoms with van der Waals surface area (Å²) >= 11 is 0. The fourth-order valence-electron chi connectivity index (χ4n) is 1.73. The third-order valence-electron chi connectivity index (χ3n) is 2.67. The van der Waals surface area contributed by atoms with Crippen molar-refractivity contribution in [3.8, 4) is 0 Å². The molecule has 2 nitrogen and oxygen atoms in total. The van der Waals surface area contributed by atoms with Gasteiger partial charge in [0.25, 0.3) is 0 Å². The average Bonchev–Trinajstić information content (AvgIpc) is 2.26. The molecule has 0 amide bonds. The van der Waals surface area contributed by atoms with Gasteiger partial charge in [-0.25, -0.2) is 0 Å². The van der Waals surface area contributed by atoms with Gasteiger partial charge in [0.05, 0.1) is 0 Å². The fraction of sp³-hybridized carbons (Fsp3) is 0.643. The molecule has 0 spiro atoms. The Labute approximate surface area is 97.7 Å². The van der Waals surface area contributed by atoms with E-state index in [0.717, 1.165) is 43.6 Å². The van der Waals surface area contributed by atoms with Gasteiger partial charge in [-0.1, -0.05) is 33.1 Å². The van der Waals surface area contributed by atoms with Crippen molar-refractivity contribution in [2.24, 2.45) is 0 Å². The lowest BCUT2D eigenvalue weighted by molar-refractivity contribution is 0.432. The molecule has 0 aliphatic heterocycles. The summed E-state index contributed by atoms with van der Waals surface area (Å²) in [5.74, 6) is 1.70. The van der Waals surface area contributed by atoms with E-state index in [1.807, 2.05) is 0 Å². The Morgan fingerprint density at radius 1 is 0.938 bits per heavy atom. The van der Waals surface area contributed by atoms with Gasteiger partial charge in [-0.05, 0) is 12.8 Å². The van der Waals surface area contributed by atoms with Gasteiger partial charge in [0.15, 0.2) is 5.43 Å². The molecule has 2 heteroatoms. The van der Waals surface area contributed by atoms with Crippen molar-refractivity contribution < 1.29 is 4.42 Å². The van der Waals surface area contributed by atoms with Crippen LogP contribution in [-0.2, 0) is 12.8 Å². The fourth-order valence-corrected chi connectivity index (χ4v) is 1.73. The molecule has 0 radical (unpaired) electrons. The Bertz CT molecular complexity index is 352. The molecular weight excluding hydrogens is 200 g/mol. The highest BCUT2D eigenvalue weighted by molar-refractivity contribution is 5.06. The molecule has 0 atom stereocenters. The summed E-state index contributed by atoms with van der Waals surface area (Å²) in [5.41, 5.74) is 0.0869. The summed E-state index contributed by atoms with van der Waals surface area (Å²) in [6.07, 6.45) is 7.49. The second-order valence-corrected chi connectivity index (χ2v) is 4.29. The first-order valence-corrected chi connectivity index (χ1v) is 6.39. The quantitative estimate of drug-likeness (QED) is 0.658. The van der Waals surface area contributed by atoms with Gasteiger partial charge < -0.3 is 4.42 Å². The van der Waals surface area contributed by atoms with Crippen LogP contribution in [0.4, 0.5) is 0 Å². The third kappa shape index (κ3) is 4.65. The molecule has 1 rings (SSSR count). The normalized spacial score (nSPS) is 10.6. The van der Waals surface area contributed by atoms with E-state index in [-0.39, 0.29) is 5.43 Å². The van der Waals surface area contributed by atoms with Crippen LogP contribution in [0.15, 0.2) is 21.3 Å². The average molecular weight is 222 g/mol. The van der Waals surface area contributed by atoms with Crippen LogP contribution in [0.1, 0.15) is 57.5 Å². The first-order chi connectivity index (χ1) is 7.76. The molecule has 0 fully saturated rings. The van der Waals surface area contributed by atoms with Gasteiger partial charge in [-0.15, -0.1) is 0 Å². The number of aryl methyl sites for hydroxylation is 2. The van der Waals surface area contributed by atoms with E-state index in [1.54, 1.807) is 12.1 Å². The van der Waals surface area contributed by atoms with Crippen LogP contribution in [0.5, 0.6) is 0 Å². The van der Waals surface area contributed by atoms with Crippen LogP contribution >= 0.6 is 0 Å².